The molecule has 20 heavy (non-hydrogen) atoms. The minimum Gasteiger partial charge on any atom is -0.435 e. The number of nitrogen functional groups attached to an aromatic ring is 1. The number of ether oxygens (including phenoxy) is 1. The largest absolute Gasteiger partial charge is 0.435 e. The second-order valence-electron chi connectivity index (χ2n) is 4.50. The van der Waals surface area contributed by atoms with Crippen molar-refractivity contribution in [3.05, 3.63) is 36.9 Å². The van der Waals surface area contributed by atoms with E-state index in [2.05, 4.69) is 22.0 Å². The van der Waals surface area contributed by atoms with E-state index in [-0.39, 0.29) is 0 Å². The summed E-state index contributed by atoms with van der Waals surface area (Å²) in [6.07, 6.45) is 6.03. The molecule has 6 nitrogen and oxygen atoms in total. The van der Waals surface area contributed by atoms with Gasteiger partial charge in [-0.15, -0.1) is 0 Å². The molecule has 2 aromatic heterocycles. The van der Waals surface area contributed by atoms with E-state index in [0.29, 0.717) is 17.3 Å². The zero-order chi connectivity index (χ0) is 13.9. The number of aromatic nitrogens is 4. The molecule has 0 saturated carbocycles. The number of fused-ring (bicyclic) bond motifs is 1. The maximum absolute atomic E-state index is 5.80. The van der Waals surface area contributed by atoms with Crippen LogP contribution in [0.15, 0.2) is 36.9 Å². The van der Waals surface area contributed by atoms with Gasteiger partial charge < -0.3 is 10.5 Å². The first-order valence-corrected chi connectivity index (χ1v) is 6.47. The van der Waals surface area contributed by atoms with Gasteiger partial charge in [-0.3, -0.25) is 4.68 Å². The highest BCUT2D eigenvalue weighted by molar-refractivity contribution is 5.86. The summed E-state index contributed by atoms with van der Waals surface area (Å²) in [5.41, 5.74) is 7.25. The summed E-state index contributed by atoms with van der Waals surface area (Å²) in [4.78, 5) is 8.36. The molecule has 0 unspecified atom stereocenters. The second-order valence-corrected chi connectivity index (χ2v) is 4.50. The molecule has 0 aliphatic rings. The van der Waals surface area contributed by atoms with Crippen LogP contribution in [0.4, 0.5) is 5.69 Å². The van der Waals surface area contributed by atoms with Crippen molar-refractivity contribution >= 4 is 16.6 Å². The molecule has 0 radical (unpaired) electrons. The minimum absolute atomic E-state index is 0.485. The average molecular weight is 269 g/mol. The number of nitrogens with zero attached hydrogens (tertiary/aromatic N) is 4. The normalized spacial score (nSPS) is 10.8. The van der Waals surface area contributed by atoms with E-state index in [0.717, 1.165) is 23.9 Å². The molecule has 6 heteroatoms. The van der Waals surface area contributed by atoms with Crippen LogP contribution in [0.2, 0.25) is 0 Å². The molecule has 3 aromatic rings. The van der Waals surface area contributed by atoms with Crippen molar-refractivity contribution < 1.29 is 4.74 Å². The topological polar surface area (TPSA) is 78.8 Å². The lowest BCUT2D eigenvalue weighted by Gasteiger charge is -2.05. The summed E-state index contributed by atoms with van der Waals surface area (Å²) in [6.45, 7) is 2.96. The summed E-state index contributed by atoms with van der Waals surface area (Å²) in [6, 6.07) is 5.46. The molecular weight excluding hydrogens is 254 g/mol. The number of nitrogens with two attached hydrogens (primary N) is 1. The number of aryl methyl sites for hydroxylation is 1. The standard InChI is InChI=1S/C14H15N5O/c1-2-5-19-8-11(7-18-19)20-14-12-6-10(15)3-4-13(12)16-9-17-14/h3-4,6-9H,2,5,15H2,1H3. The Labute approximate surface area is 116 Å². The molecule has 0 spiro atoms. The highest BCUT2D eigenvalue weighted by Gasteiger charge is 2.08. The number of hydrogen-bond acceptors (Lipinski definition) is 5. The van der Waals surface area contributed by atoms with Gasteiger partial charge in [-0.25, -0.2) is 9.97 Å². The number of benzene rings is 1. The monoisotopic (exact) mass is 269 g/mol. The van der Waals surface area contributed by atoms with Crippen LogP contribution in [0.25, 0.3) is 10.9 Å². The highest BCUT2D eigenvalue weighted by Crippen LogP contribution is 2.27. The summed E-state index contributed by atoms with van der Waals surface area (Å²) < 4.78 is 7.62. The fraction of sp³-hybridized carbons (Fsp3) is 0.214. The molecule has 2 heterocycles. The molecule has 3 rings (SSSR count). The van der Waals surface area contributed by atoms with Crippen molar-refractivity contribution in [2.75, 3.05) is 5.73 Å². The van der Waals surface area contributed by atoms with Gasteiger partial charge in [-0.05, 0) is 24.6 Å². The average Bonchev–Trinajstić information content (AvgIpc) is 2.87. The summed E-state index contributed by atoms with van der Waals surface area (Å²) >= 11 is 0. The van der Waals surface area contributed by atoms with E-state index in [1.807, 2.05) is 16.9 Å². The predicted molar refractivity (Wildman–Crippen MR) is 76.5 cm³/mol. The van der Waals surface area contributed by atoms with E-state index in [4.69, 9.17) is 10.5 Å². The SMILES string of the molecule is CCCn1cc(Oc2ncnc3ccc(N)cc23)cn1. The molecular formula is C14H15N5O. The fourth-order valence-electron chi connectivity index (χ4n) is 1.99. The van der Waals surface area contributed by atoms with Gasteiger partial charge >= 0.3 is 0 Å². The minimum atomic E-state index is 0.485. The first-order valence-electron chi connectivity index (χ1n) is 6.47. The van der Waals surface area contributed by atoms with Crippen LogP contribution >= 0.6 is 0 Å². The van der Waals surface area contributed by atoms with E-state index in [1.54, 1.807) is 18.3 Å². The third-order valence-electron chi connectivity index (χ3n) is 2.90. The van der Waals surface area contributed by atoms with Crippen molar-refractivity contribution in [2.24, 2.45) is 0 Å². The number of anilines is 1. The Bertz CT molecular complexity index is 737. The molecule has 0 atom stereocenters. The molecule has 0 aliphatic heterocycles. The van der Waals surface area contributed by atoms with Crippen molar-refractivity contribution in [1.82, 2.24) is 19.7 Å². The van der Waals surface area contributed by atoms with Crippen LogP contribution in [-0.4, -0.2) is 19.7 Å². The van der Waals surface area contributed by atoms with E-state index in [1.165, 1.54) is 6.33 Å². The van der Waals surface area contributed by atoms with Crippen LogP contribution in [0.3, 0.4) is 0 Å². The van der Waals surface area contributed by atoms with Gasteiger partial charge in [0, 0.05) is 12.2 Å². The maximum atomic E-state index is 5.80. The first kappa shape index (κ1) is 12.4. The molecule has 1 aromatic carbocycles. The molecule has 2 N–H and O–H groups in total. The molecule has 102 valence electrons. The van der Waals surface area contributed by atoms with Crippen molar-refractivity contribution in [1.29, 1.82) is 0 Å². The number of rotatable bonds is 4. The third-order valence-corrected chi connectivity index (χ3v) is 2.90. The lowest BCUT2D eigenvalue weighted by atomic mass is 10.2. The zero-order valence-electron chi connectivity index (χ0n) is 11.2. The van der Waals surface area contributed by atoms with Crippen molar-refractivity contribution in [3.63, 3.8) is 0 Å². The molecule has 0 amide bonds. The lowest BCUT2D eigenvalue weighted by Crippen LogP contribution is -1.95. The van der Waals surface area contributed by atoms with Gasteiger partial charge in [-0.1, -0.05) is 6.92 Å². The fourth-order valence-corrected chi connectivity index (χ4v) is 1.99. The first-order chi connectivity index (χ1) is 9.76. The van der Waals surface area contributed by atoms with Crippen LogP contribution in [0.1, 0.15) is 13.3 Å². The van der Waals surface area contributed by atoms with Crippen LogP contribution in [0, 0.1) is 0 Å². The molecule has 0 fully saturated rings. The van der Waals surface area contributed by atoms with Gasteiger partial charge in [0.25, 0.3) is 0 Å². The summed E-state index contributed by atoms with van der Waals surface area (Å²) in [5.74, 6) is 1.14. The van der Waals surface area contributed by atoms with E-state index in [9.17, 15) is 0 Å². The van der Waals surface area contributed by atoms with Gasteiger partial charge in [-0.2, -0.15) is 5.10 Å². The molecule has 0 aliphatic carbocycles. The van der Waals surface area contributed by atoms with Gasteiger partial charge in [0.05, 0.1) is 23.3 Å². The van der Waals surface area contributed by atoms with Crippen LogP contribution in [-0.2, 0) is 6.54 Å². The van der Waals surface area contributed by atoms with Gasteiger partial charge in [0.1, 0.15) is 6.33 Å². The Kier molecular flexibility index (Phi) is 3.20. The third kappa shape index (κ3) is 2.40. The Morgan fingerprint density at radius 2 is 2.20 bits per heavy atom. The van der Waals surface area contributed by atoms with E-state index >= 15 is 0 Å². The second kappa shape index (κ2) is 5.16. The maximum Gasteiger partial charge on any atom is 0.230 e. The quantitative estimate of drug-likeness (QED) is 0.736. The molecule has 0 bridgehead atoms. The Balaban J connectivity index is 1.95. The Hall–Kier alpha value is -2.63. The smallest absolute Gasteiger partial charge is 0.230 e. The Morgan fingerprint density at radius 3 is 3.05 bits per heavy atom. The van der Waals surface area contributed by atoms with E-state index < -0.39 is 0 Å². The van der Waals surface area contributed by atoms with Gasteiger partial charge in [0.15, 0.2) is 5.75 Å². The van der Waals surface area contributed by atoms with Crippen LogP contribution in [0.5, 0.6) is 11.6 Å². The highest BCUT2D eigenvalue weighted by atomic mass is 16.5. The van der Waals surface area contributed by atoms with Crippen molar-refractivity contribution in [3.8, 4) is 11.6 Å². The summed E-state index contributed by atoms with van der Waals surface area (Å²) in [5, 5.41) is 5.01. The zero-order valence-corrected chi connectivity index (χ0v) is 11.2. The van der Waals surface area contributed by atoms with Crippen LogP contribution < -0.4 is 10.5 Å². The van der Waals surface area contributed by atoms with Crippen molar-refractivity contribution in [2.45, 2.75) is 19.9 Å². The van der Waals surface area contributed by atoms with Gasteiger partial charge in [0.2, 0.25) is 5.88 Å². The predicted octanol–water partition coefficient (Wildman–Crippen LogP) is 2.61. The molecule has 0 saturated heterocycles. The lowest BCUT2D eigenvalue weighted by molar-refractivity contribution is 0.466. The summed E-state index contributed by atoms with van der Waals surface area (Å²) in [7, 11) is 0. The Morgan fingerprint density at radius 1 is 1.30 bits per heavy atom. The number of hydrogen-bond donors (Lipinski definition) is 1.